The van der Waals surface area contributed by atoms with E-state index in [0.29, 0.717) is 12.2 Å². The highest BCUT2D eigenvalue weighted by Gasteiger charge is 2.15. The Morgan fingerprint density at radius 1 is 1.21 bits per heavy atom. The molecule has 3 rings (SSSR count). The Bertz CT molecular complexity index is 911. The maximum absolute atomic E-state index is 5.88. The number of tetrazole rings is 1. The number of anilines is 2. The number of H-pyrrole nitrogens is 1. The molecule has 0 spiro atoms. The molecular weight excluding hydrogens is 356 g/mol. The molecule has 9 nitrogen and oxygen atoms in total. The van der Waals surface area contributed by atoms with Crippen molar-refractivity contribution in [2.45, 2.75) is 39.5 Å². The number of benzene rings is 1. The van der Waals surface area contributed by atoms with Gasteiger partial charge in [0, 0.05) is 29.8 Å². The monoisotopic (exact) mass is 382 g/mol. The predicted molar refractivity (Wildman–Crippen MR) is 108 cm³/mol. The molecule has 0 aliphatic heterocycles. The van der Waals surface area contributed by atoms with E-state index in [0.717, 1.165) is 46.9 Å². The van der Waals surface area contributed by atoms with Gasteiger partial charge in [0.2, 0.25) is 11.8 Å². The highest BCUT2D eigenvalue weighted by molar-refractivity contribution is 5.60. The molecule has 0 fully saturated rings. The van der Waals surface area contributed by atoms with Crippen molar-refractivity contribution in [2.75, 3.05) is 24.7 Å². The molecule has 0 atom stereocenters. The van der Waals surface area contributed by atoms with Gasteiger partial charge in [0.15, 0.2) is 0 Å². The summed E-state index contributed by atoms with van der Waals surface area (Å²) < 4.78 is 5.56. The summed E-state index contributed by atoms with van der Waals surface area (Å²) in [7, 11) is 1.66. The number of aromatic nitrogens is 6. The summed E-state index contributed by atoms with van der Waals surface area (Å²) in [6, 6.07) is 5.81. The molecule has 0 amide bonds. The van der Waals surface area contributed by atoms with Crippen molar-refractivity contribution in [3.8, 4) is 17.1 Å². The highest BCUT2D eigenvalue weighted by atomic mass is 16.5. The van der Waals surface area contributed by atoms with Gasteiger partial charge in [-0.05, 0) is 42.3 Å². The fourth-order valence-corrected chi connectivity index (χ4v) is 3.09. The summed E-state index contributed by atoms with van der Waals surface area (Å²) in [5.74, 6) is 2.35. The molecule has 9 heteroatoms. The van der Waals surface area contributed by atoms with Gasteiger partial charge in [0.05, 0.1) is 7.11 Å². The third-order valence-corrected chi connectivity index (χ3v) is 4.56. The first-order valence-corrected chi connectivity index (χ1v) is 9.40. The summed E-state index contributed by atoms with van der Waals surface area (Å²) in [5, 5.41) is 17.6. The van der Waals surface area contributed by atoms with E-state index >= 15 is 0 Å². The molecule has 2 heterocycles. The van der Waals surface area contributed by atoms with Crippen LogP contribution < -0.4 is 15.8 Å². The molecule has 148 valence electrons. The van der Waals surface area contributed by atoms with Gasteiger partial charge in [0.25, 0.3) is 0 Å². The summed E-state index contributed by atoms with van der Waals surface area (Å²) >= 11 is 0. The van der Waals surface area contributed by atoms with Crippen molar-refractivity contribution < 1.29 is 4.74 Å². The Hall–Kier alpha value is -3.23. The number of rotatable bonds is 9. The second kappa shape index (κ2) is 9.12. The van der Waals surface area contributed by atoms with E-state index in [2.05, 4.69) is 42.8 Å². The van der Waals surface area contributed by atoms with Gasteiger partial charge in [-0.15, -0.1) is 10.2 Å². The van der Waals surface area contributed by atoms with Gasteiger partial charge in [0.1, 0.15) is 11.6 Å². The van der Waals surface area contributed by atoms with E-state index in [9.17, 15) is 0 Å². The Morgan fingerprint density at radius 2 is 2.07 bits per heavy atom. The quantitative estimate of drug-likeness (QED) is 0.482. The van der Waals surface area contributed by atoms with Crippen LogP contribution in [-0.2, 0) is 6.42 Å². The van der Waals surface area contributed by atoms with E-state index < -0.39 is 0 Å². The van der Waals surface area contributed by atoms with Crippen LogP contribution in [0.5, 0.6) is 5.75 Å². The number of nitrogens with zero attached hydrogens (tertiary/aromatic N) is 5. The van der Waals surface area contributed by atoms with Crippen molar-refractivity contribution in [2.24, 2.45) is 0 Å². The van der Waals surface area contributed by atoms with E-state index in [1.807, 2.05) is 25.1 Å². The molecule has 0 radical (unpaired) electrons. The first-order valence-electron chi connectivity index (χ1n) is 9.40. The average molecular weight is 382 g/mol. The van der Waals surface area contributed by atoms with Crippen molar-refractivity contribution in [3.05, 3.63) is 35.0 Å². The molecule has 1 aromatic carbocycles. The number of methoxy groups -OCH3 is 1. The first kappa shape index (κ1) is 19.5. The molecule has 0 unspecified atom stereocenters. The van der Waals surface area contributed by atoms with Gasteiger partial charge < -0.3 is 15.8 Å². The van der Waals surface area contributed by atoms with Crippen LogP contribution in [0.4, 0.5) is 11.8 Å². The number of unbranched alkanes of at least 4 members (excludes halogenated alkanes) is 2. The number of ether oxygens (including phenoxy) is 1. The van der Waals surface area contributed by atoms with Gasteiger partial charge in [-0.2, -0.15) is 10.2 Å². The van der Waals surface area contributed by atoms with Crippen LogP contribution in [0.1, 0.15) is 43.0 Å². The zero-order valence-electron chi connectivity index (χ0n) is 16.5. The van der Waals surface area contributed by atoms with Crippen molar-refractivity contribution in [3.63, 3.8) is 0 Å². The lowest BCUT2D eigenvalue weighted by Gasteiger charge is -2.16. The second-order valence-corrected chi connectivity index (χ2v) is 6.57. The van der Waals surface area contributed by atoms with Crippen molar-refractivity contribution in [1.29, 1.82) is 0 Å². The summed E-state index contributed by atoms with van der Waals surface area (Å²) in [5.41, 5.74) is 9.56. The normalized spacial score (nSPS) is 10.8. The summed E-state index contributed by atoms with van der Waals surface area (Å²) in [6.07, 6.45) is 4.01. The number of aromatic amines is 1. The smallest absolute Gasteiger partial charge is 0.222 e. The van der Waals surface area contributed by atoms with Crippen LogP contribution in [0.15, 0.2) is 18.2 Å². The Labute approximate surface area is 164 Å². The maximum Gasteiger partial charge on any atom is 0.222 e. The van der Waals surface area contributed by atoms with E-state index in [-0.39, 0.29) is 5.95 Å². The Kier molecular flexibility index (Phi) is 6.36. The number of hydrogen-bond donors (Lipinski definition) is 3. The lowest BCUT2D eigenvalue weighted by atomic mass is 10.0. The zero-order chi connectivity index (χ0) is 19.9. The molecule has 4 N–H and O–H groups in total. The first-order chi connectivity index (χ1) is 13.6. The van der Waals surface area contributed by atoms with Gasteiger partial charge in [-0.1, -0.05) is 19.8 Å². The van der Waals surface area contributed by atoms with E-state index in [1.165, 1.54) is 12.8 Å². The van der Waals surface area contributed by atoms with Crippen LogP contribution >= 0.6 is 0 Å². The van der Waals surface area contributed by atoms with E-state index in [1.54, 1.807) is 7.11 Å². The second-order valence-electron chi connectivity index (χ2n) is 6.57. The topological polar surface area (TPSA) is 128 Å². The van der Waals surface area contributed by atoms with Crippen molar-refractivity contribution >= 4 is 11.8 Å². The zero-order valence-corrected chi connectivity index (χ0v) is 16.5. The van der Waals surface area contributed by atoms with Crippen LogP contribution in [-0.4, -0.2) is 44.2 Å². The Morgan fingerprint density at radius 3 is 2.79 bits per heavy atom. The molecular formula is C19H26N8O. The standard InChI is InChI=1S/C19H26N8O/c1-4-5-6-9-21-18-15(12(2)22-19(20)23-18)11-14-10-13(7-8-16(14)28-3)17-24-26-27-25-17/h7-8,10H,4-6,9,11H2,1-3H3,(H3,20,21,22,23)(H,24,25,26,27). The fourth-order valence-electron chi connectivity index (χ4n) is 3.09. The molecule has 28 heavy (non-hydrogen) atoms. The minimum atomic E-state index is 0.270. The van der Waals surface area contributed by atoms with Crippen LogP contribution in [0, 0.1) is 6.92 Å². The molecule has 0 bridgehead atoms. The predicted octanol–water partition coefficient (Wildman–Crippen LogP) is 2.75. The largest absolute Gasteiger partial charge is 0.496 e. The molecule has 3 aromatic rings. The number of nitrogens with two attached hydrogens (primary N) is 1. The van der Waals surface area contributed by atoms with Gasteiger partial charge in [-0.25, -0.2) is 4.98 Å². The third-order valence-electron chi connectivity index (χ3n) is 4.56. The molecule has 0 aliphatic carbocycles. The summed E-state index contributed by atoms with van der Waals surface area (Å²) in [4.78, 5) is 8.78. The molecule has 2 aromatic heterocycles. The molecule has 0 saturated heterocycles. The molecule has 0 saturated carbocycles. The maximum atomic E-state index is 5.88. The van der Waals surface area contributed by atoms with Gasteiger partial charge >= 0.3 is 0 Å². The SMILES string of the molecule is CCCCCNc1nc(N)nc(C)c1Cc1cc(-c2nn[nH]n2)ccc1OC. The minimum Gasteiger partial charge on any atom is -0.496 e. The van der Waals surface area contributed by atoms with Crippen LogP contribution in [0.3, 0.4) is 0 Å². The highest BCUT2D eigenvalue weighted by Crippen LogP contribution is 2.29. The number of nitrogen functional groups attached to an aromatic ring is 1. The van der Waals surface area contributed by atoms with E-state index in [4.69, 9.17) is 10.5 Å². The summed E-state index contributed by atoms with van der Waals surface area (Å²) in [6.45, 7) is 4.97. The van der Waals surface area contributed by atoms with Crippen LogP contribution in [0.2, 0.25) is 0 Å². The minimum absolute atomic E-state index is 0.270. The Balaban J connectivity index is 1.93. The number of hydrogen-bond acceptors (Lipinski definition) is 8. The average Bonchev–Trinajstić information content (AvgIpc) is 3.22. The van der Waals surface area contributed by atoms with Crippen LogP contribution in [0.25, 0.3) is 11.4 Å². The van der Waals surface area contributed by atoms with Crippen molar-refractivity contribution in [1.82, 2.24) is 30.6 Å². The lowest BCUT2D eigenvalue weighted by Crippen LogP contribution is -2.12. The third kappa shape index (κ3) is 4.54. The molecule has 0 aliphatic rings. The fraction of sp³-hybridized carbons (Fsp3) is 0.421. The number of aryl methyl sites for hydroxylation is 1. The number of nitrogens with one attached hydrogen (secondary N) is 2. The van der Waals surface area contributed by atoms with Gasteiger partial charge in [-0.3, -0.25) is 0 Å². The lowest BCUT2D eigenvalue weighted by molar-refractivity contribution is 0.410.